The first-order chi connectivity index (χ1) is 14.6. The van der Waals surface area contributed by atoms with Gasteiger partial charge in [-0.25, -0.2) is 8.70 Å². The van der Waals surface area contributed by atoms with Gasteiger partial charge in [0.2, 0.25) is 0 Å². The van der Waals surface area contributed by atoms with Crippen molar-refractivity contribution >= 4 is 23.3 Å². The molecule has 31 heavy (non-hydrogen) atoms. The zero-order valence-corrected chi connectivity index (χ0v) is 17.8. The summed E-state index contributed by atoms with van der Waals surface area (Å²) in [6.45, 7) is 3.10. The minimum atomic E-state index is -4.66. The fourth-order valence-corrected chi connectivity index (χ4v) is 4.00. The molecule has 0 aromatic heterocycles. The van der Waals surface area contributed by atoms with Gasteiger partial charge in [-0.05, 0) is 62.3 Å². The van der Waals surface area contributed by atoms with Gasteiger partial charge in [-0.3, -0.25) is 0 Å². The van der Waals surface area contributed by atoms with Gasteiger partial charge in [-0.15, -0.1) is 0 Å². The zero-order valence-electron chi connectivity index (χ0n) is 17.0. The SMILES string of the molecule is CN1CCN(c2ccc(F)cc2)c2cc(C(F)(F)F)c(O)cc2S1.Cc1ccccc1. The topological polar surface area (TPSA) is 26.7 Å². The van der Waals surface area contributed by atoms with Gasteiger partial charge in [0.1, 0.15) is 11.6 Å². The summed E-state index contributed by atoms with van der Waals surface area (Å²) in [4.78, 5) is 2.20. The Morgan fingerprint density at radius 1 is 0.935 bits per heavy atom. The summed E-state index contributed by atoms with van der Waals surface area (Å²) in [6.07, 6.45) is -4.66. The molecule has 0 amide bonds. The van der Waals surface area contributed by atoms with Gasteiger partial charge in [-0.2, -0.15) is 13.2 Å². The lowest BCUT2D eigenvalue weighted by Crippen LogP contribution is -2.24. The Bertz CT molecular complexity index is 1010. The Kier molecular flexibility index (Phi) is 7.12. The third-order valence-electron chi connectivity index (χ3n) is 4.64. The van der Waals surface area contributed by atoms with E-state index in [0.29, 0.717) is 29.4 Å². The van der Waals surface area contributed by atoms with Crippen LogP contribution in [0.1, 0.15) is 11.1 Å². The molecule has 1 heterocycles. The molecule has 0 atom stereocenters. The number of hydrogen-bond donors (Lipinski definition) is 1. The highest BCUT2D eigenvalue weighted by Crippen LogP contribution is 2.45. The van der Waals surface area contributed by atoms with Crippen LogP contribution in [0.5, 0.6) is 5.75 Å². The molecule has 0 saturated carbocycles. The summed E-state index contributed by atoms with van der Waals surface area (Å²) in [6, 6.07) is 17.9. The van der Waals surface area contributed by atoms with Crippen molar-refractivity contribution in [2.75, 3.05) is 25.0 Å². The Balaban J connectivity index is 0.000000330. The molecule has 0 saturated heterocycles. The molecule has 0 aliphatic carbocycles. The maximum atomic E-state index is 13.2. The molecule has 4 rings (SSSR count). The number of alkyl halides is 3. The largest absolute Gasteiger partial charge is 0.507 e. The third-order valence-corrected chi connectivity index (χ3v) is 5.66. The highest BCUT2D eigenvalue weighted by atomic mass is 32.2. The van der Waals surface area contributed by atoms with E-state index in [0.717, 1.165) is 12.1 Å². The van der Waals surface area contributed by atoms with Crippen LogP contribution in [0.25, 0.3) is 0 Å². The summed E-state index contributed by atoms with van der Waals surface area (Å²) >= 11 is 1.26. The van der Waals surface area contributed by atoms with E-state index < -0.39 is 23.3 Å². The van der Waals surface area contributed by atoms with E-state index in [9.17, 15) is 22.7 Å². The number of aromatic hydroxyl groups is 1. The highest BCUT2D eigenvalue weighted by Gasteiger charge is 2.36. The second kappa shape index (κ2) is 9.62. The van der Waals surface area contributed by atoms with E-state index in [4.69, 9.17) is 0 Å². The number of rotatable bonds is 1. The molecular weight excluding hydrogens is 428 g/mol. The Hall–Kier alpha value is -2.71. The summed E-state index contributed by atoms with van der Waals surface area (Å²) in [5, 5.41) is 9.75. The quantitative estimate of drug-likeness (QED) is 0.332. The number of halogens is 4. The summed E-state index contributed by atoms with van der Waals surface area (Å²) in [5.74, 6) is -1.22. The van der Waals surface area contributed by atoms with Crippen LogP contribution in [-0.4, -0.2) is 29.5 Å². The van der Waals surface area contributed by atoms with Crippen LogP contribution < -0.4 is 4.90 Å². The van der Waals surface area contributed by atoms with Crippen LogP contribution >= 0.6 is 11.9 Å². The first-order valence-electron chi connectivity index (χ1n) is 9.53. The second-order valence-electron chi connectivity index (χ2n) is 7.06. The minimum Gasteiger partial charge on any atom is -0.507 e. The van der Waals surface area contributed by atoms with Crippen LogP contribution in [0.2, 0.25) is 0 Å². The van der Waals surface area contributed by atoms with E-state index in [2.05, 4.69) is 19.1 Å². The highest BCUT2D eigenvalue weighted by molar-refractivity contribution is 7.97. The van der Waals surface area contributed by atoms with Crippen molar-refractivity contribution in [3.05, 3.63) is 83.7 Å². The van der Waals surface area contributed by atoms with E-state index in [1.54, 1.807) is 4.90 Å². The van der Waals surface area contributed by atoms with Crippen molar-refractivity contribution in [3.8, 4) is 5.75 Å². The Morgan fingerprint density at radius 2 is 1.58 bits per heavy atom. The minimum absolute atomic E-state index is 0.334. The predicted molar refractivity (Wildman–Crippen MR) is 116 cm³/mol. The van der Waals surface area contributed by atoms with Gasteiger partial charge in [0.05, 0.1) is 16.1 Å². The Labute approximate surface area is 183 Å². The standard InChI is InChI=1S/C16H14F4N2OS.C7H8/c1-21-6-7-22(11-4-2-10(17)3-5-11)13-8-12(16(18,19)20)14(23)9-15(13)24-21;1-7-5-3-2-4-6-7/h2-5,8-9,23H,6-7H2,1H3;2-6H,1H3. The van der Waals surface area contributed by atoms with Crippen LogP contribution in [0, 0.1) is 12.7 Å². The van der Waals surface area contributed by atoms with E-state index >= 15 is 0 Å². The molecule has 164 valence electrons. The van der Waals surface area contributed by atoms with Crippen molar-refractivity contribution in [1.82, 2.24) is 4.31 Å². The number of anilines is 2. The van der Waals surface area contributed by atoms with Gasteiger partial charge in [0.15, 0.2) is 0 Å². The number of phenolic OH excluding ortho intramolecular Hbond substituents is 1. The maximum Gasteiger partial charge on any atom is 0.420 e. The molecule has 0 unspecified atom stereocenters. The Morgan fingerprint density at radius 3 is 2.13 bits per heavy atom. The normalized spacial score (nSPS) is 14.3. The van der Waals surface area contributed by atoms with E-state index in [1.807, 2.05) is 29.6 Å². The van der Waals surface area contributed by atoms with Crippen molar-refractivity contribution in [3.63, 3.8) is 0 Å². The van der Waals surface area contributed by atoms with Gasteiger partial charge >= 0.3 is 6.18 Å². The molecule has 1 aliphatic heterocycles. The molecule has 0 bridgehead atoms. The number of phenols is 1. The molecule has 1 aliphatic rings. The van der Waals surface area contributed by atoms with Crippen molar-refractivity contribution in [1.29, 1.82) is 0 Å². The molecule has 8 heteroatoms. The summed E-state index contributed by atoms with van der Waals surface area (Å²) < 4.78 is 54.4. The van der Waals surface area contributed by atoms with Crippen molar-refractivity contribution in [2.24, 2.45) is 0 Å². The predicted octanol–water partition coefficient (Wildman–Crippen LogP) is 6.64. The van der Waals surface area contributed by atoms with Crippen LogP contribution in [0.15, 0.2) is 71.6 Å². The van der Waals surface area contributed by atoms with E-state index in [-0.39, 0.29) is 0 Å². The second-order valence-corrected chi connectivity index (χ2v) is 8.31. The van der Waals surface area contributed by atoms with Crippen LogP contribution in [0.3, 0.4) is 0 Å². The smallest absolute Gasteiger partial charge is 0.420 e. The summed E-state index contributed by atoms with van der Waals surface area (Å²) in [7, 11) is 1.82. The molecule has 0 spiro atoms. The third kappa shape index (κ3) is 5.92. The number of nitrogens with zero attached hydrogens (tertiary/aromatic N) is 2. The van der Waals surface area contributed by atoms with Gasteiger partial charge in [0.25, 0.3) is 0 Å². The molecule has 0 radical (unpaired) electrons. The average molecular weight is 451 g/mol. The number of aryl methyl sites for hydroxylation is 1. The van der Waals surface area contributed by atoms with Gasteiger partial charge in [-0.1, -0.05) is 35.9 Å². The molecule has 3 nitrogen and oxygen atoms in total. The van der Waals surface area contributed by atoms with E-state index in [1.165, 1.54) is 41.8 Å². The van der Waals surface area contributed by atoms with Crippen molar-refractivity contribution < 1.29 is 22.7 Å². The number of benzene rings is 3. The fraction of sp³-hybridized carbons (Fsp3) is 0.217. The van der Waals surface area contributed by atoms with Gasteiger partial charge in [0, 0.05) is 18.8 Å². The molecule has 3 aromatic rings. The first-order valence-corrected chi connectivity index (χ1v) is 10.3. The lowest BCUT2D eigenvalue weighted by atomic mass is 10.1. The fourth-order valence-electron chi connectivity index (χ4n) is 3.07. The number of fused-ring (bicyclic) bond motifs is 1. The molecule has 3 aromatic carbocycles. The van der Waals surface area contributed by atoms with Crippen molar-refractivity contribution in [2.45, 2.75) is 18.0 Å². The summed E-state index contributed by atoms with van der Waals surface area (Å²) in [5.41, 5.74) is 1.16. The maximum absolute atomic E-state index is 13.2. The number of hydrogen-bond acceptors (Lipinski definition) is 4. The average Bonchev–Trinajstić information content (AvgIpc) is 2.86. The lowest BCUT2D eigenvalue weighted by molar-refractivity contribution is -0.138. The van der Waals surface area contributed by atoms with Crippen LogP contribution in [0.4, 0.5) is 28.9 Å². The van der Waals surface area contributed by atoms with Crippen LogP contribution in [-0.2, 0) is 6.18 Å². The monoisotopic (exact) mass is 450 g/mol. The molecular formula is C23H22F4N2OS. The first kappa shape index (κ1) is 23.0. The molecule has 1 N–H and O–H groups in total. The molecule has 0 fully saturated rings. The number of likely N-dealkylation sites (N-methyl/N-ethyl adjacent to an activating group) is 1. The lowest BCUT2D eigenvalue weighted by Gasteiger charge is -2.25. The zero-order chi connectivity index (χ0) is 22.6. The van der Waals surface area contributed by atoms with Gasteiger partial charge < -0.3 is 10.0 Å².